The number of carboxylic acids is 1. The molecular weight excluding hydrogens is 466 g/mol. The summed E-state index contributed by atoms with van der Waals surface area (Å²) in [6.45, 7) is 1.83. The number of fused-ring (bicyclic) bond motifs is 1. The second-order valence-electron chi connectivity index (χ2n) is 8.03. The van der Waals surface area contributed by atoms with Gasteiger partial charge in [0.15, 0.2) is 5.75 Å². The molecule has 172 valence electrons. The Morgan fingerprint density at radius 3 is 2.27 bits per heavy atom. The Morgan fingerprint density at radius 1 is 1.03 bits per heavy atom. The van der Waals surface area contributed by atoms with Crippen LogP contribution in [0.2, 0.25) is 0 Å². The molecule has 3 aliphatic carbocycles. The molecule has 4 rings (SSSR count). The quantitative estimate of drug-likeness (QED) is 0.368. The van der Waals surface area contributed by atoms with Gasteiger partial charge in [0.2, 0.25) is 5.91 Å². The average molecular weight is 491 g/mol. The van der Waals surface area contributed by atoms with Crippen LogP contribution in [0.3, 0.4) is 0 Å². The van der Waals surface area contributed by atoms with Gasteiger partial charge >= 0.3 is 23.0 Å². The number of aromatic hydroxyl groups is 2. The van der Waals surface area contributed by atoms with Crippen molar-refractivity contribution in [3.63, 3.8) is 0 Å². The van der Waals surface area contributed by atoms with Gasteiger partial charge in [-0.1, -0.05) is 6.92 Å². The average Bonchev–Trinajstić information content (AvgIpc) is 3.47. The molecule has 3 saturated carbocycles. The van der Waals surface area contributed by atoms with Crippen molar-refractivity contribution in [1.82, 2.24) is 0 Å². The molecule has 0 aromatic heterocycles. The third-order valence-corrected chi connectivity index (χ3v) is 5.76. The molecule has 0 saturated heterocycles. The zero-order valence-electron chi connectivity index (χ0n) is 18.0. The molecule has 7 nitrogen and oxygen atoms in total. The Balaban J connectivity index is 0.000000568. The van der Waals surface area contributed by atoms with E-state index >= 15 is 0 Å². The minimum absolute atomic E-state index is 0. The first kappa shape index (κ1) is 27.2. The zero-order valence-corrected chi connectivity index (χ0v) is 19.1. The van der Waals surface area contributed by atoms with Crippen LogP contribution in [0.25, 0.3) is 0 Å². The second-order valence-corrected chi connectivity index (χ2v) is 8.03. The van der Waals surface area contributed by atoms with Crippen molar-refractivity contribution in [2.45, 2.75) is 32.6 Å². The van der Waals surface area contributed by atoms with Crippen molar-refractivity contribution < 1.29 is 46.8 Å². The van der Waals surface area contributed by atoms with Crippen LogP contribution in [0, 0.1) is 68.6 Å². The van der Waals surface area contributed by atoms with Gasteiger partial charge in [0.1, 0.15) is 22.8 Å². The predicted octanol–water partition coefficient (Wildman–Crippen LogP) is 3.68. The monoisotopic (exact) mass is 491 g/mol. The number of aromatic carboxylic acids is 1. The van der Waals surface area contributed by atoms with Crippen LogP contribution >= 0.6 is 0 Å². The standard InChI is InChI=1S/C20H20NO6.C5H5.Fe/c1-20(9-7-11-3-2-4-12(11)18(20)25)10-8-15(23)21-16-14(22)6-5-13(17(16)24)19(26)27;1-2-4-5-3-1;/h2-6,22,24H,7-10H2,1H3,(H,21,23)(H,26,27);1-5H;/q;;+2/t20-;;/m0../s1. The van der Waals surface area contributed by atoms with Gasteiger partial charge in [-0.2, -0.15) is 0 Å². The van der Waals surface area contributed by atoms with E-state index in [0.29, 0.717) is 18.8 Å². The molecule has 0 aliphatic heterocycles. The molecule has 0 unspecified atom stereocenters. The fourth-order valence-corrected chi connectivity index (χ4v) is 3.77. The fourth-order valence-electron chi connectivity index (χ4n) is 3.77. The number of carbonyl (C=O) groups excluding carboxylic acids is 2. The number of carbonyl (C=O) groups is 3. The van der Waals surface area contributed by atoms with Crippen LogP contribution in [-0.4, -0.2) is 33.0 Å². The van der Waals surface area contributed by atoms with Crippen molar-refractivity contribution in [3.8, 4) is 11.5 Å². The van der Waals surface area contributed by atoms with E-state index < -0.39 is 34.4 Å². The van der Waals surface area contributed by atoms with Gasteiger partial charge < -0.3 is 20.6 Å². The van der Waals surface area contributed by atoms with E-state index in [2.05, 4.69) is 5.32 Å². The summed E-state index contributed by atoms with van der Waals surface area (Å²) < 4.78 is 0. The van der Waals surface area contributed by atoms with E-state index in [0.717, 1.165) is 24.5 Å². The van der Waals surface area contributed by atoms with Crippen molar-refractivity contribution >= 4 is 23.3 Å². The normalized spacial score (nSPS) is 22.6. The molecule has 33 heavy (non-hydrogen) atoms. The molecule has 0 spiro atoms. The van der Waals surface area contributed by atoms with Gasteiger partial charge in [-0.3, -0.25) is 9.59 Å². The summed E-state index contributed by atoms with van der Waals surface area (Å²) in [5.74, 6) is -1.31. The SMILES string of the molecule is C[C@@]1(CCC(=O)Nc2c(O)ccc(C(=O)O)c2O)CC[C]2[CH][CH][CH][C]2C1=O.[CH]1[CH][CH][CH][CH]1.[Fe+2]. The maximum absolute atomic E-state index is 12.7. The van der Waals surface area contributed by atoms with Crippen molar-refractivity contribution in [2.24, 2.45) is 5.41 Å². The van der Waals surface area contributed by atoms with Crippen LogP contribution in [0.5, 0.6) is 11.5 Å². The Hall–Kier alpha value is -2.05. The van der Waals surface area contributed by atoms with Crippen molar-refractivity contribution in [2.75, 3.05) is 5.32 Å². The number of Topliss-reactive ketones (excluding diaryl/α,β-unsaturated/α-hetero) is 1. The molecule has 8 heteroatoms. The number of carboxylic acid groups (broad SMARTS) is 1. The molecule has 3 fully saturated rings. The van der Waals surface area contributed by atoms with E-state index in [1.807, 2.05) is 51.9 Å². The summed E-state index contributed by atoms with van der Waals surface area (Å²) in [5, 5.41) is 31.2. The van der Waals surface area contributed by atoms with E-state index in [4.69, 9.17) is 5.11 Å². The van der Waals surface area contributed by atoms with Crippen molar-refractivity contribution in [3.05, 3.63) is 80.9 Å². The molecule has 10 radical (unpaired) electrons. The van der Waals surface area contributed by atoms with Crippen molar-refractivity contribution in [1.29, 1.82) is 0 Å². The fraction of sp³-hybridized carbons (Fsp3) is 0.240. The minimum atomic E-state index is -1.38. The van der Waals surface area contributed by atoms with Crippen LogP contribution < -0.4 is 5.32 Å². The van der Waals surface area contributed by atoms with Gasteiger partial charge in [-0.05, 0) is 88.7 Å². The molecule has 3 aliphatic rings. The molecule has 1 aromatic carbocycles. The summed E-state index contributed by atoms with van der Waals surface area (Å²) in [4.78, 5) is 36.1. The number of phenolic OH excluding ortho intramolecular Hbond substituents is 1. The number of benzene rings is 1. The Kier molecular flexibility index (Phi) is 9.80. The molecular formula is C25H25FeNO6+2. The predicted molar refractivity (Wildman–Crippen MR) is 118 cm³/mol. The van der Waals surface area contributed by atoms with E-state index in [9.17, 15) is 24.6 Å². The maximum atomic E-state index is 12.7. The molecule has 1 atom stereocenters. The Labute approximate surface area is 205 Å². The Morgan fingerprint density at radius 2 is 1.67 bits per heavy atom. The number of nitrogens with one attached hydrogen (secondary N) is 1. The maximum Gasteiger partial charge on any atom is 2.00 e. The van der Waals surface area contributed by atoms with Crippen LogP contribution in [0.4, 0.5) is 5.69 Å². The summed E-state index contributed by atoms with van der Waals surface area (Å²) in [6.07, 6.45) is 17.3. The van der Waals surface area contributed by atoms with Crippen LogP contribution in [0.1, 0.15) is 43.0 Å². The summed E-state index contributed by atoms with van der Waals surface area (Å²) in [6, 6.07) is 2.13. The van der Waals surface area contributed by atoms with E-state index in [-0.39, 0.29) is 35.0 Å². The molecule has 1 aromatic rings. The largest absolute Gasteiger partial charge is 2.00 e. The van der Waals surface area contributed by atoms with Gasteiger partial charge in [-0.15, -0.1) is 0 Å². The first-order valence-electron chi connectivity index (χ1n) is 10.3. The minimum Gasteiger partial charge on any atom is -0.506 e. The first-order chi connectivity index (χ1) is 15.2. The number of ketones is 1. The summed E-state index contributed by atoms with van der Waals surface area (Å²) >= 11 is 0. The number of phenols is 2. The number of hydrogen-bond acceptors (Lipinski definition) is 5. The molecule has 1 amide bonds. The molecule has 0 bridgehead atoms. The third kappa shape index (κ3) is 6.51. The summed E-state index contributed by atoms with van der Waals surface area (Å²) in [7, 11) is 0. The van der Waals surface area contributed by atoms with Gasteiger partial charge in [0, 0.05) is 11.8 Å². The summed E-state index contributed by atoms with van der Waals surface area (Å²) in [5.41, 5.74) is -1.44. The molecule has 0 heterocycles. The van der Waals surface area contributed by atoms with Gasteiger partial charge in [0.05, 0.1) is 5.92 Å². The zero-order chi connectivity index (χ0) is 23.3. The first-order valence-corrected chi connectivity index (χ1v) is 10.3. The third-order valence-electron chi connectivity index (χ3n) is 5.76. The smallest absolute Gasteiger partial charge is 0.506 e. The van der Waals surface area contributed by atoms with E-state index in [1.165, 1.54) is 0 Å². The van der Waals surface area contributed by atoms with E-state index in [1.54, 1.807) is 6.42 Å². The number of hydrogen-bond donors (Lipinski definition) is 4. The van der Waals surface area contributed by atoms with Crippen LogP contribution in [0.15, 0.2) is 12.1 Å². The number of amides is 1. The van der Waals surface area contributed by atoms with Crippen LogP contribution in [-0.2, 0) is 26.7 Å². The molecule has 4 N–H and O–H groups in total. The Bertz CT molecular complexity index is 861. The second kappa shape index (κ2) is 11.9. The topological polar surface area (TPSA) is 124 Å². The number of rotatable bonds is 5. The number of anilines is 1. The van der Waals surface area contributed by atoms with Gasteiger partial charge in [-0.25, -0.2) is 4.79 Å². The van der Waals surface area contributed by atoms with Gasteiger partial charge in [0.25, 0.3) is 0 Å².